The number of nitrogens with one attached hydrogen (secondary N) is 1. The molecule has 2 heterocycles. The fraction of sp³-hybridized carbons (Fsp3) is 0.174. The topological polar surface area (TPSA) is 54.7 Å². The van der Waals surface area contributed by atoms with E-state index in [0.717, 1.165) is 28.8 Å². The Morgan fingerprint density at radius 3 is 2.61 bits per heavy atom. The van der Waals surface area contributed by atoms with Crippen LogP contribution in [0, 0.1) is 0 Å². The van der Waals surface area contributed by atoms with Crippen LogP contribution in [0.15, 0.2) is 63.5 Å². The summed E-state index contributed by atoms with van der Waals surface area (Å²) in [6.45, 7) is 3.13. The maximum atomic E-state index is 12.3. The number of carbonyl (C=O) groups excluding carboxylic acids is 1. The van der Waals surface area contributed by atoms with Crippen molar-refractivity contribution in [2.45, 2.75) is 0 Å². The average molecular weight is 522 g/mol. The van der Waals surface area contributed by atoms with Gasteiger partial charge in [0.1, 0.15) is 11.5 Å². The minimum Gasteiger partial charge on any atom is -0.457 e. The van der Waals surface area contributed by atoms with Gasteiger partial charge in [-0.2, -0.15) is 0 Å². The van der Waals surface area contributed by atoms with Crippen molar-refractivity contribution in [3.05, 3.63) is 74.9 Å². The van der Waals surface area contributed by atoms with Crippen LogP contribution < -0.4 is 10.2 Å². The van der Waals surface area contributed by atoms with E-state index in [-0.39, 0.29) is 5.91 Å². The highest BCUT2D eigenvalue weighted by atomic mass is 79.9. The van der Waals surface area contributed by atoms with Gasteiger partial charge in [0.2, 0.25) is 5.91 Å². The molecule has 1 saturated heterocycles. The van der Waals surface area contributed by atoms with E-state index in [2.05, 4.69) is 26.1 Å². The summed E-state index contributed by atoms with van der Waals surface area (Å²) in [6, 6.07) is 14.5. The van der Waals surface area contributed by atoms with Gasteiger partial charge < -0.3 is 19.4 Å². The second-order valence-electron chi connectivity index (χ2n) is 6.91. The number of halogens is 3. The molecule has 1 aliphatic rings. The number of hydrogen-bond acceptors (Lipinski definition) is 4. The highest BCUT2D eigenvalue weighted by Gasteiger charge is 2.14. The van der Waals surface area contributed by atoms with Gasteiger partial charge in [-0.15, -0.1) is 0 Å². The second-order valence-corrected chi connectivity index (χ2v) is 8.61. The number of nitrogens with zero attached hydrogens (tertiary/aromatic N) is 1. The number of rotatable bonds is 5. The molecule has 160 valence electrons. The molecule has 0 aliphatic carbocycles. The summed E-state index contributed by atoms with van der Waals surface area (Å²) in [5.41, 5.74) is 2.52. The van der Waals surface area contributed by atoms with Crippen molar-refractivity contribution in [2.75, 3.05) is 36.5 Å². The molecule has 1 N–H and O–H groups in total. The van der Waals surface area contributed by atoms with Crippen LogP contribution >= 0.6 is 39.1 Å². The van der Waals surface area contributed by atoms with Crippen LogP contribution in [-0.4, -0.2) is 32.2 Å². The Morgan fingerprint density at radius 2 is 1.87 bits per heavy atom. The molecule has 2 aromatic carbocycles. The van der Waals surface area contributed by atoms with Gasteiger partial charge in [-0.3, -0.25) is 4.79 Å². The lowest BCUT2D eigenvalue weighted by atomic mass is 10.2. The van der Waals surface area contributed by atoms with Crippen molar-refractivity contribution < 1.29 is 13.9 Å². The van der Waals surface area contributed by atoms with Crippen LogP contribution in [0.4, 0.5) is 11.4 Å². The number of amides is 1. The fourth-order valence-corrected chi connectivity index (χ4v) is 4.39. The molecule has 0 spiro atoms. The van der Waals surface area contributed by atoms with Crippen LogP contribution in [0.1, 0.15) is 5.76 Å². The summed E-state index contributed by atoms with van der Waals surface area (Å²) in [7, 11) is 0. The van der Waals surface area contributed by atoms with E-state index < -0.39 is 0 Å². The van der Waals surface area contributed by atoms with Crippen molar-refractivity contribution in [1.82, 2.24) is 0 Å². The van der Waals surface area contributed by atoms with Crippen LogP contribution in [0.25, 0.3) is 17.4 Å². The largest absolute Gasteiger partial charge is 0.457 e. The predicted molar refractivity (Wildman–Crippen MR) is 129 cm³/mol. The maximum Gasteiger partial charge on any atom is 0.248 e. The van der Waals surface area contributed by atoms with Gasteiger partial charge in [0.05, 0.1) is 23.9 Å². The number of carbonyl (C=O) groups is 1. The summed E-state index contributed by atoms with van der Waals surface area (Å²) in [6.07, 6.45) is 3.04. The number of anilines is 2. The number of benzene rings is 2. The number of ether oxygens (including phenoxy) is 1. The Hall–Kier alpha value is -2.25. The van der Waals surface area contributed by atoms with Gasteiger partial charge in [0.15, 0.2) is 0 Å². The summed E-state index contributed by atoms with van der Waals surface area (Å²) >= 11 is 15.8. The zero-order valence-corrected chi connectivity index (χ0v) is 19.5. The molecule has 0 unspecified atom stereocenters. The third-order valence-corrected chi connectivity index (χ3v) is 5.97. The fourth-order valence-electron chi connectivity index (χ4n) is 3.26. The highest BCUT2D eigenvalue weighted by Crippen LogP contribution is 2.32. The quantitative estimate of drug-likeness (QED) is 0.389. The van der Waals surface area contributed by atoms with Crippen LogP contribution in [0.2, 0.25) is 10.0 Å². The Labute approximate surface area is 198 Å². The third kappa shape index (κ3) is 5.52. The summed E-state index contributed by atoms with van der Waals surface area (Å²) in [5.74, 6) is 0.887. The van der Waals surface area contributed by atoms with Crippen molar-refractivity contribution in [1.29, 1.82) is 0 Å². The van der Waals surface area contributed by atoms with Crippen molar-refractivity contribution in [3.8, 4) is 11.3 Å². The molecule has 0 radical (unpaired) electrons. The van der Waals surface area contributed by atoms with E-state index >= 15 is 0 Å². The summed E-state index contributed by atoms with van der Waals surface area (Å²) in [5, 5.41) is 3.92. The number of morpholine rings is 1. The molecular weight excluding hydrogens is 503 g/mol. The van der Waals surface area contributed by atoms with Gasteiger partial charge in [-0.25, -0.2) is 0 Å². The summed E-state index contributed by atoms with van der Waals surface area (Å²) in [4.78, 5) is 14.6. The molecule has 3 aromatic rings. The van der Waals surface area contributed by atoms with Crippen molar-refractivity contribution in [2.24, 2.45) is 0 Å². The van der Waals surface area contributed by atoms with Crippen molar-refractivity contribution in [3.63, 3.8) is 0 Å². The van der Waals surface area contributed by atoms with E-state index in [4.69, 9.17) is 32.4 Å². The minimum absolute atomic E-state index is 0.256. The van der Waals surface area contributed by atoms with Crippen LogP contribution in [-0.2, 0) is 9.53 Å². The normalized spacial score (nSPS) is 14.2. The molecule has 31 heavy (non-hydrogen) atoms. The van der Waals surface area contributed by atoms with E-state index in [0.29, 0.717) is 40.5 Å². The summed E-state index contributed by atoms with van der Waals surface area (Å²) < 4.78 is 12.1. The standard InChI is InChI=1S/C23H19BrCl2N2O3/c24-19-14-16(2-6-21(19)28-9-11-30-12-10-28)27-23(29)8-4-17-3-7-22(31-17)18-5-1-15(25)13-20(18)26/h1-8,13-14H,9-12H2,(H,27,29)/b8-4+. The molecule has 0 saturated carbocycles. The van der Waals surface area contributed by atoms with E-state index in [1.807, 2.05) is 18.2 Å². The molecule has 4 rings (SSSR count). The molecule has 1 amide bonds. The lowest BCUT2D eigenvalue weighted by molar-refractivity contribution is -0.111. The van der Waals surface area contributed by atoms with Gasteiger partial charge in [0, 0.05) is 39.9 Å². The first kappa shape index (κ1) is 22.0. The lowest BCUT2D eigenvalue weighted by Gasteiger charge is -2.29. The predicted octanol–water partition coefficient (Wildman–Crippen LogP) is 6.50. The Morgan fingerprint density at radius 1 is 1.06 bits per heavy atom. The van der Waals surface area contributed by atoms with Gasteiger partial charge in [0.25, 0.3) is 0 Å². The first-order valence-electron chi connectivity index (χ1n) is 9.66. The molecule has 1 aliphatic heterocycles. The van der Waals surface area contributed by atoms with Gasteiger partial charge in [-0.1, -0.05) is 23.2 Å². The van der Waals surface area contributed by atoms with Crippen LogP contribution in [0.3, 0.4) is 0 Å². The molecule has 1 fully saturated rings. The number of furan rings is 1. The SMILES string of the molecule is O=C(/C=C/c1ccc(-c2ccc(Cl)cc2Cl)o1)Nc1ccc(N2CCOCC2)c(Br)c1. The zero-order chi connectivity index (χ0) is 21.8. The van der Waals surface area contributed by atoms with Gasteiger partial charge >= 0.3 is 0 Å². The molecule has 0 bridgehead atoms. The Bertz CT molecular complexity index is 1120. The van der Waals surface area contributed by atoms with Crippen molar-refractivity contribution >= 4 is 62.5 Å². The van der Waals surface area contributed by atoms with E-state index in [1.165, 1.54) is 6.08 Å². The second kappa shape index (κ2) is 9.92. The Balaban J connectivity index is 1.40. The molecular formula is C23H19BrCl2N2O3. The molecule has 1 aromatic heterocycles. The minimum atomic E-state index is -0.256. The first-order chi connectivity index (χ1) is 15.0. The number of hydrogen-bond donors (Lipinski definition) is 1. The third-order valence-electron chi connectivity index (χ3n) is 4.79. The average Bonchev–Trinajstić information content (AvgIpc) is 3.22. The zero-order valence-electron chi connectivity index (χ0n) is 16.4. The highest BCUT2D eigenvalue weighted by molar-refractivity contribution is 9.10. The lowest BCUT2D eigenvalue weighted by Crippen LogP contribution is -2.36. The molecule has 0 atom stereocenters. The van der Waals surface area contributed by atoms with Gasteiger partial charge in [-0.05, 0) is 70.5 Å². The van der Waals surface area contributed by atoms with E-state index in [1.54, 1.807) is 36.4 Å². The van der Waals surface area contributed by atoms with Crippen LogP contribution in [0.5, 0.6) is 0 Å². The monoisotopic (exact) mass is 520 g/mol. The smallest absolute Gasteiger partial charge is 0.248 e. The maximum absolute atomic E-state index is 12.3. The molecule has 5 nitrogen and oxygen atoms in total. The first-order valence-corrected chi connectivity index (χ1v) is 11.2. The Kier molecular flexibility index (Phi) is 7.02. The molecule has 8 heteroatoms. The van der Waals surface area contributed by atoms with E-state index in [9.17, 15) is 4.79 Å².